The molecule has 1 aliphatic heterocycles. The molecule has 2 N–H and O–H groups in total. The van der Waals surface area contributed by atoms with Crippen molar-refractivity contribution >= 4 is 17.6 Å². The molecule has 1 aliphatic rings. The molecular weight excluding hydrogens is 266 g/mol. The Morgan fingerprint density at radius 2 is 2.20 bits per heavy atom. The lowest BCUT2D eigenvalue weighted by Crippen LogP contribution is -2.56. The van der Waals surface area contributed by atoms with Gasteiger partial charge in [0.25, 0.3) is 5.69 Å². The van der Waals surface area contributed by atoms with Crippen LogP contribution in [0.25, 0.3) is 0 Å². The van der Waals surface area contributed by atoms with Gasteiger partial charge in [0.05, 0.1) is 11.5 Å². The SMILES string of the molecule is O=C1CN(Cc2ccccc2[N+](=O)[O-])C(C(=O)O)CN1. The van der Waals surface area contributed by atoms with Gasteiger partial charge in [0.2, 0.25) is 5.91 Å². The van der Waals surface area contributed by atoms with Crippen LogP contribution in [0.15, 0.2) is 24.3 Å². The number of aliphatic carboxylic acids is 1. The summed E-state index contributed by atoms with van der Waals surface area (Å²) in [6.07, 6.45) is 0. The maximum atomic E-state index is 11.4. The van der Waals surface area contributed by atoms with Crippen LogP contribution in [0.4, 0.5) is 5.69 Å². The quantitative estimate of drug-likeness (QED) is 0.591. The van der Waals surface area contributed by atoms with Crippen molar-refractivity contribution in [2.24, 2.45) is 0 Å². The molecule has 0 saturated carbocycles. The normalized spacial score (nSPS) is 19.4. The van der Waals surface area contributed by atoms with Crippen molar-refractivity contribution in [1.82, 2.24) is 10.2 Å². The number of nitro benzene ring substituents is 1. The molecule has 8 heteroatoms. The van der Waals surface area contributed by atoms with Gasteiger partial charge in [-0.15, -0.1) is 0 Å². The molecule has 20 heavy (non-hydrogen) atoms. The number of hydrogen-bond donors (Lipinski definition) is 2. The lowest BCUT2D eigenvalue weighted by Gasteiger charge is -2.32. The van der Waals surface area contributed by atoms with E-state index in [1.165, 1.54) is 11.0 Å². The minimum absolute atomic E-state index is 0.00516. The van der Waals surface area contributed by atoms with Gasteiger partial charge in [0, 0.05) is 24.7 Å². The highest BCUT2D eigenvalue weighted by molar-refractivity contribution is 5.83. The topological polar surface area (TPSA) is 113 Å². The Kier molecular flexibility index (Phi) is 3.94. The summed E-state index contributed by atoms with van der Waals surface area (Å²) in [6, 6.07) is 5.22. The van der Waals surface area contributed by atoms with Crippen LogP contribution in [0.2, 0.25) is 0 Å². The predicted octanol–water partition coefficient (Wildman–Crippen LogP) is -0.0202. The van der Waals surface area contributed by atoms with Crippen LogP contribution in [0.5, 0.6) is 0 Å². The number of carbonyl (C=O) groups is 2. The molecule has 0 aliphatic carbocycles. The number of carbonyl (C=O) groups excluding carboxylic acids is 1. The van der Waals surface area contributed by atoms with Crippen LogP contribution < -0.4 is 5.32 Å². The molecule has 1 aromatic rings. The monoisotopic (exact) mass is 279 g/mol. The van der Waals surface area contributed by atoms with E-state index in [1.54, 1.807) is 18.2 Å². The van der Waals surface area contributed by atoms with E-state index in [1.807, 2.05) is 0 Å². The smallest absolute Gasteiger partial charge is 0.322 e. The van der Waals surface area contributed by atoms with Gasteiger partial charge in [-0.25, -0.2) is 0 Å². The van der Waals surface area contributed by atoms with Gasteiger partial charge in [0.1, 0.15) is 6.04 Å². The van der Waals surface area contributed by atoms with E-state index in [0.717, 1.165) is 0 Å². The number of nitro groups is 1. The lowest BCUT2D eigenvalue weighted by molar-refractivity contribution is -0.385. The third-order valence-electron chi connectivity index (χ3n) is 3.13. The standard InChI is InChI=1S/C12H13N3O5/c16-11-7-14(10(5-13-11)12(17)18)6-8-3-1-2-4-9(8)15(19)20/h1-4,10H,5-7H2,(H,13,16)(H,17,18). The molecule has 1 atom stereocenters. The van der Waals surface area contributed by atoms with Crippen LogP contribution in [-0.4, -0.2) is 45.9 Å². The lowest BCUT2D eigenvalue weighted by atomic mass is 10.1. The summed E-state index contributed by atoms with van der Waals surface area (Å²) in [5.41, 5.74) is 0.307. The second-order valence-corrected chi connectivity index (χ2v) is 4.45. The second-order valence-electron chi connectivity index (χ2n) is 4.45. The Hall–Kier alpha value is -2.48. The summed E-state index contributed by atoms with van der Waals surface area (Å²) in [5.74, 6) is -1.36. The largest absolute Gasteiger partial charge is 0.480 e. The number of nitrogens with zero attached hydrogens (tertiary/aromatic N) is 2. The number of benzene rings is 1. The summed E-state index contributed by atoms with van der Waals surface area (Å²) < 4.78 is 0. The second kappa shape index (κ2) is 5.66. The van der Waals surface area contributed by atoms with Crippen molar-refractivity contribution in [1.29, 1.82) is 0 Å². The van der Waals surface area contributed by atoms with Gasteiger partial charge < -0.3 is 10.4 Å². The molecule has 1 unspecified atom stereocenters. The van der Waals surface area contributed by atoms with Crippen LogP contribution in [-0.2, 0) is 16.1 Å². The van der Waals surface area contributed by atoms with Crippen molar-refractivity contribution in [3.63, 3.8) is 0 Å². The average molecular weight is 279 g/mol. The Bertz CT molecular complexity index is 560. The van der Waals surface area contributed by atoms with E-state index >= 15 is 0 Å². The first kappa shape index (κ1) is 13.9. The fraction of sp³-hybridized carbons (Fsp3) is 0.333. The maximum Gasteiger partial charge on any atom is 0.322 e. The van der Waals surface area contributed by atoms with E-state index in [-0.39, 0.29) is 31.2 Å². The molecule has 0 bridgehead atoms. The predicted molar refractivity (Wildman–Crippen MR) is 67.9 cm³/mol. The van der Waals surface area contributed by atoms with E-state index in [9.17, 15) is 19.7 Å². The minimum Gasteiger partial charge on any atom is -0.480 e. The zero-order valence-electron chi connectivity index (χ0n) is 10.5. The molecule has 1 amide bonds. The summed E-state index contributed by atoms with van der Waals surface area (Å²) >= 11 is 0. The van der Waals surface area contributed by atoms with Crippen LogP contribution in [0, 0.1) is 10.1 Å². The summed E-state index contributed by atoms with van der Waals surface area (Å²) in [4.78, 5) is 34.4. The van der Waals surface area contributed by atoms with Crippen molar-refractivity contribution in [3.05, 3.63) is 39.9 Å². The molecule has 1 heterocycles. The van der Waals surface area contributed by atoms with Crippen LogP contribution in [0.1, 0.15) is 5.56 Å². The number of piperazine rings is 1. The number of rotatable bonds is 4. The molecule has 2 rings (SSSR count). The van der Waals surface area contributed by atoms with Gasteiger partial charge in [-0.2, -0.15) is 0 Å². The molecular formula is C12H13N3O5. The molecule has 8 nitrogen and oxygen atoms in total. The van der Waals surface area contributed by atoms with Crippen LogP contribution in [0.3, 0.4) is 0 Å². The molecule has 1 aromatic carbocycles. The Morgan fingerprint density at radius 3 is 2.85 bits per heavy atom. The number of carboxylic acid groups (broad SMARTS) is 1. The Morgan fingerprint density at radius 1 is 1.50 bits per heavy atom. The molecule has 106 valence electrons. The molecule has 0 radical (unpaired) electrons. The molecule has 1 fully saturated rings. The number of para-hydroxylation sites is 1. The highest BCUT2D eigenvalue weighted by Gasteiger charge is 2.32. The maximum absolute atomic E-state index is 11.4. The molecule has 0 aromatic heterocycles. The summed E-state index contributed by atoms with van der Waals surface area (Å²) in [6.45, 7) is -0.0562. The van der Waals surface area contributed by atoms with Gasteiger partial charge in [-0.3, -0.25) is 24.6 Å². The fourth-order valence-corrected chi connectivity index (χ4v) is 2.14. The number of hydrogen-bond acceptors (Lipinski definition) is 5. The zero-order chi connectivity index (χ0) is 14.7. The van der Waals surface area contributed by atoms with Crippen molar-refractivity contribution < 1.29 is 19.6 Å². The zero-order valence-corrected chi connectivity index (χ0v) is 10.5. The highest BCUT2D eigenvalue weighted by Crippen LogP contribution is 2.21. The number of carboxylic acids is 1. The van der Waals surface area contributed by atoms with Gasteiger partial charge in [-0.05, 0) is 0 Å². The van der Waals surface area contributed by atoms with Crippen LogP contribution >= 0.6 is 0 Å². The highest BCUT2D eigenvalue weighted by atomic mass is 16.6. The van der Waals surface area contributed by atoms with Gasteiger partial charge >= 0.3 is 5.97 Å². The first-order chi connectivity index (χ1) is 9.49. The Balaban J connectivity index is 2.24. The number of nitrogens with one attached hydrogen (secondary N) is 1. The first-order valence-corrected chi connectivity index (χ1v) is 5.95. The third kappa shape index (κ3) is 2.91. The van der Waals surface area contributed by atoms with Crippen molar-refractivity contribution in [2.75, 3.05) is 13.1 Å². The van der Waals surface area contributed by atoms with Gasteiger partial charge in [-0.1, -0.05) is 18.2 Å². The van der Waals surface area contributed by atoms with E-state index < -0.39 is 16.9 Å². The third-order valence-corrected chi connectivity index (χ3v) is 3.13. The van der Waals surface area contributed by atoms with E-state index in [2.05, 4.69) is 5.32 Å². The fourth-order valence-electron chi connectivity index (χ4n) is 2.14. The summed E-state index contributed by atoms with van der Waals surface area (Å²) in [7, 11) is 0. The summed E-state index contributed by atoms with van der Waals surface area (Å²) in [5, 5.41) is 22.5. The minimum atomic E-state index is -1.07. The van der Waals surface area contributed by atoms with Gasteiger partial charge in [0.15, 0.2) is 0 Å². The average Bonchev–Trinajstić information content (AvgIpc) is 2.38. The van der Waals surface area contributed by atoms with Crippen molar-refractivity contribution in [3.8, 4) is 0 Å². The first-order valence-electron chi connectivity index (χ1n) is 5.95. The van der Waals surface area contributed by atoms with E-state index in [0.29, 0.717) is 5.56 Å². The van der Waals surface area contributed by atoms with Crippen molar-refractivity contribution in [2.45, 2.75) is 12.6 Å². The Labute approximate surface area is 114 Å². The number of amides is 1. The molecule has 0 spiro atoms. The van der Waals surface area contributed by atoms with E-state index in [4.69, 9.17) is 5.11 Å². The molecule has 1 saturated heterocycles.